The Bertz CT molecular complexity index is 614. The van der Waals surface area contributed by atoms with Crippen molar-refractivity contribution >= 4 is 37.6 Å². The maximum absolute atomic E-state index is 12.8. The fourth-order valence-electron chi connectivity index (χ4n) is 2.30. The lowest BCUT2D eigenvalue weighted by molar-refractivity contribution is 0.357. The SMILES string of the molecule is Cc1c(Br)cc(CCl)cc1S(=O)(=O)N(C)C(C)C1CC1. The molecule has 1 atom stereocenters. The van der Waals surface area contributed by atoms with Gasteiger partial charge in [-0.25, -0.2) is 8.42 Å². The summed E-state index contributed by atoms with van der Waals surface area (Å²) in [5.74, 6) is 0.790. The van der Waals surface area contributed by atoms with Gasteiger partial charge in [-0.2, -0.15) is 4.31 Å². The van der Waals surface area contributed by atoms with Crippen LogP contribution in [0.15, 0.2) is 21.5 Å². The molecule has 0 spiro atoms. The number of hydrogen-bond acceptors (Lipinski definition) is 2. The van der Waals surface area contributed by atoms with Gasteiger partial charge in [-0.1, -0.05) is 15.9 Å². The summed E-state index contributed by atoms with van der Waals surface area (Å²) in [6, 6.07) is 3.59. The zero-order valence-corrected chi connectivity index (χ0v) is 15.0. The largest absolute Gasteiger partial charge is 0.243 e. The van der Waals surface area contributed by atoms with E-state index in [9.17, 15) is 8.42 Å². The van der Waals surface area contributed by atoms with Gasteiger partial charge in [0.15, 0.2) is 0 Å². The van der Waals surface area contributed by atoms with Gasteiger partial charge in [-0.3, -0.25) is 0 Å². The Morgan fingerprint density at radius 2 is 2.05 bits per heavy atom. The summed E-state index contributed by atoms with van der Waals surface area (Å²) in [6.07, 6.45) is 2.23. The molecule has 2 rings (SSSR count). The van der Waals surface area contributed by atoms with Crippen LogP contribution in [0.1, 0.15) is 30.9 Å². The number of halogens is 2. The second kappa shape index (κ2) is 5.95. The lowest BCUT2D eigenvalue weighted by atomic mass is 10.2. The van der Waals surface area contributed by atoms with Gasteiger partial charge in [0, 0.05) is 23.4 Å². The van der Waals surface area contributed by atoms with Crippen LogP contribution in [0.3, 0.4) is 0 Å². The highest BCUT2D eigenvalue weighted by atomic mass is 79.9. The van der Waals surface area contributed by atoms with Crippen LogP contribution in [0.25, 0.3) is 0 Å². The summed E-state index contributed by atoms with van der Waals surface area (Å²) in [6.45, 7) is 3.79. The topological polar surface area (TPSA) is 37.4 Å². The van der Waals surface area contributed by atoms with Crippen molar-refractivity contribution in [3.05, 3.63) is 27.7 Å². The van der Waals surface area contributed by atoms with Gasteiger partial charge in [0.2, 0.25) is 10.0 Å². The van der Waals surface area contributed by atoms with E-state index in [1.54, 1.807) is 13.1 Å². The number of benzene rings is 1. The molecular weight excluding hydrogens is 362 g/mol. The highest BCUT2D eigenvalue weighted by Crippen LogP contribution is 2.37. The molecule has 0 aromatic heterocycles. The predicted octanol–water partition coefficient (Wildman–Crippen LogP) is 3.92. The summed E-state index contributed by atoms with van der Waals surface area (Å²) in [7, 11) is -1.82. The van der Waals surface area contributed by atoms with Crippen molar-refractivity contribution in [1.82, 2.24) is 4.31 Å². The molecule has 1 unspecified atom stereocenters. The summed E-state index contributed by atoms with van der Waals surface area (Å²) in [5, 5.41) is 0. The minimum atomic E-state index is -3.48. The minimum Gasteiger partial charge on any atom is -0.207 e. The van der Waals surface area contributed by atoms with E-state index < -0.39 is 10.0 Å². The minimum absolute atomic E-state index is 0.0397. The van der Waals surface area contributed by atoms with E-state index in [0.717, 1.165) is 28.4 Å². The van der Waals surface area contributed by atoms with Gasteiger partial charge >= 0.3 is 0 Å². The van der Waals surface area contributed by atoms with Crippen LogP contribution in [0, 0.1) is 12.8 Å². The van der Waals surface area contributed by atoms with E-state index in [1.807, 2.05) is 19.9 Å². The molecular formula is C14H19BrClNO2S. The Hall–Kier alpha value is -0.100. The molecule has 0 bridgehead atoms. The zero-order valence-electron chi connectivity index (χ0n) is 11.9. The number of hydrogen-bond donors (Lipinski definition) is 0. The lowest BCUT2D eigenvalue weighted by Gasteiger charge is -2.25. The first-order valence-electron chi connectivity index (χ1n) is 6.62. The fraction of sp³-hybridized carbons (Fsp3) is 0.571. The predicted molar refractivity (Wildman–Crippen MR) is 85.6 cm³/mol. The molecule has 1 saturated carbocycles. The van der Waals surface area contributed by atoms with Crippen LogP contribution in [0.2, 0.25) is 0 Å². The van der Waals surface area contributed by atoms with Gasteiger partial charge in [0.05, 0.1) is 4.90 Å². The van der Waals surface area contributed by atoms with Crippen molar-refractivity contribution < 1.29 is 8.42 Å². The van der Waals surface area contributed by atoms with E-state index in [0.29, 0.717) is 16.7 Å². The molecule has 0 saturated heterocycles. The van der Waals surface area contributed by atoms with Crippen LogP contribution in [-0.2, 0) is 15.9 Å². The molecule has 0 aliphatic heterocycles. The fourth-order valence-corrected chi connectivity index (χ4v) is 4.81. The molecule has 20 heavy (non-hydrogen) atoms. The summed E-state index contributed by atoms with van der Waals surface area (Å²) >= 11 is 9.26. The molecule has 1 aromatic rings. The Labute approximate surface area is 134 Å². The first-order chi connectivity index (χ1) is 9.28. The van der Waals surface area contributed by atoms with Crippen molar-refractivity contribution in [2.75, 3.05) is 7.05 Å². The Morgan fingerprint density at radius 3 is 2.55 bits per heavy atom. The zero-order chi connectivity index (χ0) is 15.1. The Kier molecular flexibility index (Phi) is 4.84. The van der Waals surface area contributed by atoms with Gasteiger partial charge in [-0.15, -0.1) is 11.6 Å². The second-order valence-electron chi connectivity index (χ2n) is 5.43. The van der Waals surface area contributed by atoms with Crippen LogP contribution in [0.4, 0.5) is 0 Å². The maximum atomic E-state index is 12.8. The number of rotatable bonds is 5. The Morgan fingerprint density at radius 1 is 1.45 bits per heavy atom. The smallest absolute Gasteiger partial charge is 0.207 e. The molecule has 3 nitrogen and oxygen atoms in total. The lowest BCUT2D eigenvalue weighted by Crippen LogP contribution is -2.36. The van der Waals surface area contributed by atoms with Crippen molar-refractivity contribution in [2.45, 2.75) is 43.5 Å². The molecule has 1 aliphatic rings. The normalized spacial score (nSPS) is 17.5. The molecule has 0 heterocycles. The van der Waals surface area contributed by atoms with Crippen LogP contribution in [0.5, 0.6) is 0 Å². The van der Waals surface area contributed by atoms with Crippen LogP contribution >= 0.6 is 27.5 Å². The first-order valence-corrected chi connectivity index (χ1v) is 9.38. The average Bonchev–Trinajstić information content (AvgIpc) is 3.24. The molecule has 0 radical (unpaired) electrons. The molecule has 6 heteroatoms. The molecule has 1 aromatic carbocycles. The average molecular weight is 381 g/mol. The monoisotopic (exact) mass is 379 g/mol. The maximum Gasteiger partial charge on any atom is 0.243 e. The van der Waals surface area contributed by atoms with Crippen molar-refractivity contribution in [1.29, 1.82) is 0 Å². The summed E-state index contributed by atoms with van der Waals surface area (Å²) in [4.78, 5) is 0.345. The van der Waals surface area contributed by atoms with Crippen LogP contribution < -0.4 is 0 Å². The molecule has 112 valence electrons. The molecule has 1 fully saturated rings. The van der Waals surface area contributed by atoms with Gasteiger partial charge < -0.3 is 0 Å². The van der Waals surface area contributed by atoms with Crippen LogP contribution in [-0.4, -0.2) is 25.8 Å². The number of nitrogens with zero attached hydrogens (tertiary/aromatic N) is 1. The highest BCUT2D eigenvalue weighted by molar-refractivity contribution is 9.10. The van der Waals surface area contributed by atoms with E-state index >= 15 is 0 Å². The van der Waals surface area contributed by atoms with Crippen molar-refractivity contribution in [3.8, 4) is 0 Å². The third-order valence-electron chi connectivity index (χ3n) is 4.05. The van der Waals surface area contributed by atoms with E-state index in [4.69, 9.17) is 11.6 Å². The standard InChI is InChI=1S/C14H19BrClNO2S/c1-9-13(15)6-11(8-16)7-14(9)20(18,19)17(3)10(2)12-4-5-12/h6-7,10,12H,4-5,8H2,1-3H3. The first kappa shape index (κ1) is 16.3. The third kappa shape index (κ3) is 3.06. The quantitative estimate of drug-likeness (QED) is 0.726. The van der Waals surface area contributed by atoms with Crippen molar-refractivity contribution in [3.63, 3.8) is 0 Å². The second-order valence-corrected chi connectivity index (χ2v) is 8.52. The van der Waals surface area contributed by atoms with Gasteiger partial charge in [0.1, 0.15) is 0 Å². The molecule has 0 N–H and O–H groups in total. The van der Waals surface area contributed by atoms with E-state index in [-0.39, 0.29) is 6.04 Å². The van der Waals surface area contributed by atoms with E-state index in [1.165, 1.54) is 4.31 Å². The van der Waals surface area contributed by atoms with Gasteiger partial charge in [0.25, 0.3) is 0 Å². The molecule has 1 aliphatic carbocycles. The summed E-state index contributed by atoms with van der Waals surface area (Å²) in [5.41, 5.74) is 1.53. The van der Waals surface area contributed by atoms with E-state index in [2.05, 4.69) is 15.9 Å². The van der Waals surface area contributed by atoms with Crippen molar-refractivity contribution in [2.24, 2.45) is 5.92 Å². The highest BCUT2D eigenvalue weighted by Gasteiger charge is 2.36. The third-order valence-corrected chi connectivity index (χ3v) is 7.25. The molecule has 0 amide bonds. The number of alkyl halides is 1. The Balaban J connectivity index is 2.45. The van der Waals surface area contributed by atoms with Gasteiger partial charge in [-0.05, 0) is 55.9 Å². The number of sulfonamides is 1. The summed E-state index contributed by atoms with van der Waals surface area (Å²) < 4.78 is 27.9.